The molecular formula is C7H9BrN2. The van der Waals surface area contributed by atoms with E-state index in [-0.39, 0.29) is 0 Å². The average Bonchev–Trinajstić information content (AvgIpc) is 2.30. The minimum absolute atomic E-state index is 0.882. The highest BCUT2D eigenvalue weighted by molar-refractivity contribution is 9.10. The number of aryl methyl sites for hydroxylation is 1. The zero-order valence-corrected chi connectivity index (χ0v) is 7.43. The van der Waals surface area contributed by atoms with Crippen LogP contribution >= 0.6 is 15.9 Å². The van der Waals surface area contributed by atoms with Gasteiger partial charge in [-0.2, -0.15) is 5.10 Å². The van der Waals surface area contributed by atoms with E-state index in [1.165, 1.54) is 0 Å². The third-order valence-electron chi connectivity index (χ3n) is 1.33. The summed E-state index contributed by atoms with van der Waals surface area (Å²) in [6.45, 7) is 6.61. The summed E-state index contributed by atoms with van der Waals surface area (Å²) in [6, 6.07) is 0. The molecule has 10 heavy (non-hydrogen) atoms. The Morgan fingerprint density at radius 2 is 2.60 bits per heavy atom. The second-order valence-electron chi connectivity index (χ2n) is 1.90. The van der Waals surface area contributed by atoms with E-state index >= 15 is 0 Å². The smallest absolute Gasteiger partial charge is 0.0746 e. The van der Waals surface area contributed by atoms with E-state index in [9.17, 15) is 0 Å². The van der Waals surface area contributed by atoms with E-state index < -0.39 is 0 Å². The Bertz CT molecular complexity index is 240. The summed E-state index contributed by atoms with van der Waals surface area (Å²) >= 11 is 3.36. The Hall–Kier alpha value is -0.570. The second-order valence-corrected chi connectivity index (χ2v) is 2.75. The van der Waals surface area contributed by atoms with Crippen LogP contribution in [0.15, 0.2) is 17.2 Å². The van der Waals surface area contributed by atoms with Crippen molar-refractivity contribution in [2.24, 2.45) is 0 Å². The molecule has 0 saturated heterocycles. The van der Waals surface area contributed by atoms with Gasteiger partial charge in [-0.15, -0.1) is 0 Å². The molecule has 0 saturated carbocycles. The number of hydrogen-bond acceptors (Lipinski definition) is 1. The van der Waals surface area contributed by atoms with Crippen LogP contribution in [0.1, 0.15) is 12.6 Å². The summed E-state index contributed by atoms with van der Waals surface area (Å²) in [5.41, 5.74) is 1.04. The molecule has 1 aromatic heterocycles. The highest BCUT2D eigenvalue weighted by atomic mass is 79.9. The normalized spacial score (nSPS) is 9.80. The summed E-state index contributed by atoms with van der Waals surface area (Å²) in [4.78, 5) is 0. The van der Waals surface area contributed by atoms with Crippen molar-refractivity contribution < 1.29 is 0 Å². The van der Waals surface area contributed by atoms with Gasteiger partial charge in [0.1, 0.15) is 0 Å². The third-order valence-corrected chi connectivity index (χ3v) is 1.94. The van der Waals surface area contributed by atoms with Gasteiger partial charge in [0.05, 0.1) is 16.4 Å². The lowest BCUT2D eigenvalue weighted by atomic mass is 10.4. The summed E-state index contributed by atoms with van der Waals surface area (Å²) in [5, 5.41) is 4.10. The third kappa shape index (κ3) is 1.14. The van der Waals surface area contributed by atoms with Crippen LogP contribution in [0.25, 0.3) is 6.08 Å². The molecule has 0 N–H and O–H groups in total. The van der Waals surface area contributed by atoms with E-state index in [1.54, 1.807) is 12.3 Å². The van der Waals surface area contributed by atoms with Crippen molar-refractivity contribution in [3.8, 4) is 0 Å². The second kappa shape index (κ2) is 3.01. The van der Waals surface area contributed by atoms with Crippen molar-refractivity contribution in [3.63, 3.8) is 0 Å². The van der Waals surface area contributed by atoms with Gasteiger partial charge in [-0.05, 0) is 28.9 Å². The summed E-state index contributed by atoms with van der Waals surface area (Å²) in [5.74, 6) is 0. The first-order chi connectivity index (χ1) is 4.79. The largest absolute Gasteiger partial charge is 0.265 e. The Balaban J connectivity index is 3.12. The lowest BCUT2D eigenvalue weighted by Gasteiger charge is -1.97. The van der Waals surface area contributed by atoms with Gasteiger partial charge in [0.25, 0.3) is 0 Å². The molecule has 0 aliphatic carbocycles. The number of halogens is 1. The molecule has 0 unspecified atom stereocenters. The van der Waals surface area contributed by atoms with E-state index in [2.05, 4.69) is 27.6 Å². The fourth-order valence-corrected chi connectivity index (χ4v) is 1.28. The molecule has 1 aromatic rings. The molecule has 1 heterocycles. The number of hydrogen-bond donors (Lipinski definition) is 0. The van der Waals surface area contributed by atoms with E-state index in [0.717, 1.165) is 16.7 Å². The molecule has 54 valence electrons. The molecule has 2 nitrogen and oxygen atoms in total. The molecule has 0 fully saturated rings. The van der Waals surface area contributed by atoms with Crippen LogP contribution in [0.2, 0.25) is 0 Å². The van der Waals surface area contributed by atoms with Gasteiger partial charge in [-0.25, -0.2) is 0 Å². The fraction of sp³-hybridized carbons (Fsp3) is 0.286. The molecule has 0 aliphatic rings. The van der Waals surface area contributed by atoms with E-state index in [4.69, 9.17) is 0 Å². The summed E-state index contributed by atoms with van der Waals surface area (Å²) in [7, 11) is 0. The van der Waals surface area contributed by atoms with Gasteiger partial charge in [0.2, 0.25) is 0 Å². The molecule has 0 bridgehead atoms. The van der Waals surface area contributed by atoms with Crippen molar-refractivity contribution in [1.82, 2.24) is 9.78 Å². The summed E-state index contributed by atoms with van der Waals surface area (Å²) in [6.07, 6.45) is 3.57. The predicted octanol–water partition coefficient (Wildman–Crippen LogP) is 2.31. The van der Waals surface area contributed by atoms with Crippen LogP contribution < -0.4 is 0 Å². The lowest BCUT2D eigenvalue weighted by Crippen LogP contribution is -1.97. The van der Waals surface area contributed by atoms with Gasteiger partial charge in [0.15, 0.2) is 0 Å². The maximum atomic E-state index is 4.10. The van der Waals surface area contributed by atoms with Crippen molar-refractivity contribution in [2.45, 2.75) is 13.5 Å². The standard InChI is InChI=1S/C7H9BrN2/c1-3-7-6(8)5-9-10(7)4-2/h3,5H,1,4H2,2H3. The maximum absolute atomic E-state index is 4.10. The van der Waals surface area contributed by atoms with Gasteiger partial charge < -0.3 is 0 Å². The molecule has 0 aromatic carbocycles. The minimum Gasteiger partial charge on any atom is -0.265 e. The molecule has 1 rings (SSSR count). The first-order valence-electron chi connectivity index (χ1n) is 3.13. The lowest BCUT2D eigenvalue weighted by molar-refractivity contribution is 0.653. The zero-order valence-electron chi connectivity index (χ0n) is 5.84. The zero-order chi connectivity index (χ0) is 7.56. The quantitative estimate of drug-likeness (QED) is 0.717. The fourth-order valence-electron chi connectivity index (χ4n) is 0.827. The Kier molecular flexibility index (Phi) is 2.27. The van der Waals surface area contributed by atoms with Crippen molar-refractivity contribution in [1.29, 1.82) is 0 Å². The van der Waals surface area contributed by atoms with Crippen LogP contribution in [0.3, 0.4) is 0 Å². The van der Waals surface area contributed by atoms with Gasteiger partial charge in [0, 0.05) is 6.54 Å². The molecule has 0 spiro atoms. The topological polar surface area (TPSA) is 17.8 Å². The van der Waals surface area contributed by atoms with E-state index in [1.807, 2.05) is 11.6 Å². The molecule has 0 radical (unpaired) electrons. The van der Waals surface area contributed by atoms with Crippen LogP contribution in [0, 0.1) is 0 Å². The number of nitrogens with zero attached hydrogens (tertiary/aromatic N) is 2. The maximum Gasteiger partial charge on any atom is 0.0746 e. The van der Waals surface area contributed by atoms with Crippen LogP contribution in [0.4, 0.5) is 0 Å². The Labute approximate surface area is 68.7 Å². The highest BCUT2D eigenvalue weighted by Gasteiger charge is 2.01. The minimum atomic E-state index is 0.882. The summed E-state index contributed by atoms with van der Waals surface area (Å²) < 4.78 is 2.89. The molecule has 0 atom stereocenters. The highest BCUT2D eigenvalue weighted by Crippen LogP contribution is 2.16. The van der Waals surface area contributed by atoms with Crippen molar-refractivity contribution >= 4 is 22.0 Å². The molecule has 0 amide bonds. The van der Waals surface area contributed by atoms with Crippen LogP contribution in [0.5, 0.6) is 0 Å². The molecule has 3 heteroatoms. The van der Waals surface area contributed by atoms with Crippen molar-refractivity contribution in [3.05, 3.63) is 22.9 Å². The first-order valence-corrected chi connectivity index (χ1v) is 3.92. The number of rotatable bonds is 2. The predicted molar refractivity (Wildman–Crippen MR) is 45.7 cm³/mol. The average molecular weight is 201 g/mol. The van der Waals surface area contributed by atoms with Gasteiger partial charge >= 0.3 is 0 Å². The van der Waals surface area contributed by atoms with E-state index in [0.29, 0.717) is 0 Å². The SMILES string of the molecule is C=Cc1c(Br)cnn1CC. The molecule has 0 aliphatic heterocycles. The van der Waals surface area contributed by atoms with Crippen LogP contribution in [-0.4, -0.2) is 9.78 Å². The monoisotopic (exact) mass is 200 g/mol. The first kappa shape index (κ1) is 7.54. The Morgan fingerprint density at radius 3 is 3.00 bits per heavy atom. The van der Waals surface area contributed by atoms with Gasteiger partial charge in [-0.3, -0.25) is 4.68 Å². The molecular weight excluding hydrogens is 192 g/mol. The Morgan fingerprint density at radius 1 is 1.90 bits per heavy atom. The van der Waals surface area contributed by atoms with Crippen LogP contribution in [-0.2, 0) is 6.54 Å². The van der Waals surface area contributed by atoms with Crippen molar-refractivity contribution in [2.75, 3.05) is 0 Å². The van der Waals surface area contributed by atoms with Gasteiger partial charge in [-0.1, -0.05) is 6.58 Å². The number of aromatic nitrogens is 2.